The molecular weight excluding hydrogens is 466 g/mol. The highest BCUT2D eigenvalue weighted by Gasteiger charge is 2.55. The molecule has 0 bridgehead atoms. The van der Waals surface area contributed by atoms with Gasteiger partial charge in [0.25, 0.3) is 0 Å². The van der Waals surface area contributed by atoms with Crippen LogP contribution in [-0.2, 0) is 24.7 Å². The molecule has 2 aliphatic rings. The normalized spacial score (nSPS) is 27.9. The standard InChI is InChI=1S/C25H37N5O6/c1-14(2)20(26)24(34)29-23-16-9-10-18(30(16)28-13-27-23)25(3)22(33)21(17(12-31)36-25)35-19(32)11-15-7-5-4-6-8-15/h9-10,13-15,17,20-22,31,33H,4-8,11-12,26H2,1-3H3,(H,27,28,29,34)/t17-,20+,21-,22-,25+/m1/s1. The lowest BCUT2D eigenvalue weighted by Crippen LogP contribution is -2.42. The topological polar surface area (TPSA) is 161 Å². The van der Waals surface area contributed by atoms with Crippen molar-refractivity contribution in [2.45, 2.75) is 89.3 Å². The fourth-order valence-electron chi connectivity index (χ4n) is 5.20. The fraction of sp³-hybridized carbons (Fsp3) is 0.680. The van der Waals surface area contributed by atoms with Crippen molar-refractivity contribution in [2.75, 3.05) is 11.9 Å². The number of anilines is 1. The molecule has 3 heterocycles. The van der Waals surface area contributed by atoms with Gasteiger partial charge in [-0.15, -0.1) is 0 Å². The molecule has 36 heavy (non-hydrogen) atoms. The number of esters is 1. The van der Waals surface area contributed by atoms with Gasteiger partial charge in [-0.3, -0.25) is 9.59 Å². The highest BCUT2D eigenvalue weighted by atomic mass is 16.6. The Morgan fingerprint density at radius 1 is 1.31 bits per heavy atom. The van der Waals surface area contributed by atoms with Gasteiger partial charge in [0, 0.05) is 6.42 Å². The molecule has 11 nitrogen and oxygen atoms in total. The summed E-state index contributed by atoms with van der Waals surface area (Å²) >= 11 is 0. The van der Waals surface area contributed by atoms with Crippen LogP contribution in [0.2, 0.25) is 0 Å². The zero-order chi connectivity index (χ0) is 26.0. The number of fused-ring (bicyclic) bond motifs is 1. The van der Waals surface area contributed by atoms with Crippen LogP contribution < -0.4 is 11.1 Å². The Labute approximate surface area is 210 Å². The summed E-state index contributed by atoms with van der Waals surface area (Å²) in [5.41, 5.74) is 5.55. The molecule has 5 N–H and O–H groups in total. The third kappa shape index (κ3) is 5.10. The molecule has 2 fully saturated rings. The summed E-state index contributed by atoms with van der Waals surface area (Å²) in [6.45, 7) is 4.93. The van der Waals surface area contributed by atoms with Crippen molar-refractivity contribution >= 4 is 23.2 Å². The van der Waals surface area contributed by atoms with E-state index in [1.165, 1.54) is 17.3 Å². The zero-order valence-electron chi connectivity index (χ0n) is 21.1. The molecular formula is C25H37N5O6. The van der Waals surface area contributed by atoms with Crippen molar-refractivity contribution < 1.29 is 29.3 Å². The predicted molar refractivity (Wildman–Crippen MR) is 131 cm³/mol. The SMILES string of the molecule is CC(C)[C@H](N)C(=O)Nc1ncnn2c([C@]3(C)O[C@H](CO)[C@@H](OC(=O)CC4CCCCC4)[C@H]3O)ccc12. The van der Waals surface area contributed by atoms with Crippen molar-refractivity contribution in [3.05, 3.63) is 24.2 Å². The van der Waals surface area contributed by atoms with Gasteiger partial charge in [-0.25, -0.2) is 9.50 Å². The smallest absolute Gasteiger partial charge is 0.306 e. The van der Waals surface area contributed by atoms with Crippen LogP contribution in [-0.4, -0.2) is 67.6 Å². The first-order valence-corrected chi connectivity index (χ1v) is 12.7. The second kappa shape index (κ2) is 10.8. The summed E-state index contributed by atoms with van der Waals surface area (Å²) in [6.07, 6.45) is 3.78. The lowest BCUT2D eigenvalue weighted by molar-refractivity contribution is -0.158. The molecule has 11 heteroatoms. The predicted octanol–water partition coefficient (Wildman–Crippen LogP) is 1.50. The second-order valence-electron chi connectivity index (χ2n) is 10.4. The summed E-state index contributed by atoms with van der Waals surface area (Å²) in [6, 6.07) is 2.69. The van der Waals surface area contributed by atoms with Crippen LogP contribution in [0.5, 0.6) is 0 Å². The van der Waals surface area contributed by atoms with Crippen LogP contribution >= 0.6 is 0 Å². The minimum Gasteiger partial charge on any atom is -0.457 e. The Bertz CT molecular complexity index is 1080. The molecule has 2 aromatic rings. The lowest BCUT2D eigenvalue weighted by Gasteiger charge is -2.28. The number of nitrogens with one attached hydrogen (secondary N) is 1. The third-order valence-corrected chi connectivity index (χ3v) is 7.49. The van der Waals surface area contributed by atoms with Crippen LogP contribution in [0.1, 0.15) is 65.0 Å². The van der Waals surface area contributed by atoms with E-state index in [4.69, 9.17) is 15.2 Å². The summed E-state index contributed by atoms with van der Waals surface area (Å²) in [7, 11) is 0. The lowest BCUT2D eigenvalue weighted by atomic mass is 9.87. The Balaban J connectivity index is 1.55. The molecule has 1 aliphatic heterocycles. The largest absolute Gasteiger partial charge is 0.457 e. The molecule has 0 spiro atoms. The minimum atomic E-state index is -1.35. The van der Waals surface area contributed by atoms with Crippen LogP contribution in [0.15, 0.2) is 18.5 Å². The molecule has 0 radical (unpaired) electrons. The van der Waals surface area contributed by atoms with Gasteiger partial charge in [-0.1, -0.05) is 33.1 Å². The minimum absolute atomic E-state index is 0.0562. The Morgan fingerprint density at radius 2 is 2.03 bits per heavy atom. The Hall–Kier alpha value is -2.60. The molecule has 0 aromatic carbocycles. The van der Waals surface area contributed by atoms with E-state index in [9.17, 15) is 19.8 Å². The van der Waals surface area contributed by atoms with Gasteiger partial charge in [-0.2, -0.15) is 5.10 Å². The number of rotatable bonds is 8. The average molecular weight is 504 g/mol. The molecule has 198 valence electrons. The molecule has 5 atom stereocenters. The van der Waals surface area contributed by atoms with E-state index in [-0.39, 0.29) is 23.6 Å². The van der Waals surface area contributed by atoms with E-state index in [2.05, 4.69) is 15.4 Å². The summed E-state index contributed by atoms with van der Waals surface area (Å²) in [5.74, 6) is -0.275. The van der Waals surface area contributed by atoms with Gasteiger partial charge in [-0.05, 0) is 43.7 Å². The number of aromatic nitrogens is 3. The van der Waals surface area contributed by atoms with E-state index in [0.717, 1.165) is 25.7 Å². The number of hydrogen-bond acceptors (Lipinski definition) is 9. The van der Waals surface area contributed by atoms with Crippen molar-refractivity contribution in [3.63, 3.8) is 0 Å². The van der Waals surface area contributed by atoms with Crippen molar-refractivity contribution in [1.29, 1.82) is 0 Å². The molecule has 1 aliphatic carbocycles. The quantitative estimate of drug-likeness (QED) is 0.391. The molecule has 1 saturated carbocycles. The number of nitrogens with two attached hydrogens (primary N) is 1. The third-order valence-electron chi connectivity index (χ3n) is 7.49. The molecule has 1 saturated heterocycles. The highest BCUT2D eigenvalue weighted by molar-refractivity contribution is 5.97. The van der Waals surface area contributed by atoms with E-state index in [0.29, 0.717) is 17.6 Å². The number of amides is 1. The maximum Gasteiger partial charge on any atom is 0.306 e. The highest BCUT2D eigenvalue weighted by Crippen LogP contribution is 2.42. The maximum atomic E-state index is 12.7. The molecule has 1 amide bonds. The average Bonchev–Trinajstić information content (AvgIpc) is 3.40. The van der Waals surface area contributed by atoms with Crippen LogP contribution in [0, 0.1) is 11.8 Å². The van der Waals surface area contributed by atoms with E-state index < -0.39 is 42.5 Å². The number of nitrogens with zero attached hydrogens (tertiary/aromatic N) is 3. The van der Waals surface area contributed by atoms with Gasteiger partial charge >= 0.3 is 5.97 Å². The van der Waals surface area contributed by atoms with Crippen molar-refractivity contribution in [2.24, 2.45) is 17.6 Å². The van der Waals surface area contributed by atoms with Crippen LogP contribution in [0.25, 0.3) is 5.52 Å². The number of ether oxygens (including phenoxy) is 2. The van der Waals surface area contributed by atoms with Crippen LogP contribution in [0.3, 0.4) is 0 Å². The molecule has 2 aromatic heterocycles. The summed E-state index contributed by atoms with van der Waals surface area (Å²) in [5, 5.41) is 28.3. The van der Waals surface area contributed by atoms with E-state index in [1.807, 2.05) is 13.8 Å². The molecule has 0 unspecified atom stereocenters. The maximum absolute atomic E-state index is 12.7. The van der Waals surface area contributed by atoms with Gasteiger partial charge < -0.3 is 30.7 Å². The second-order valence-corrected chi connectivity index (χ2v) is 10.4. The first-order valence-electron chi connectivity index (χ1n) is 12.7. The monoisotopic (exact) mass is 503 g/mol. The number of aliphatic hydroxyl groups excluding tert-OH is 2. The van der Waals surface area contributed by atoms with Gasteiger partial charge in [0.2, 0.25) is 5.91 Å². The molecule has 4 rings (SSSR count). The van der Waals surface area contributed by atoms with Crippen molar-refractivity contribution in [3.8, 4) is 0 Å². The number of carbonyl (C=O) groups is 2. The van der Waals surface area contributed by atoms with Gasteiger partial charge in [0.1, 0.15) is 29.7 Å². The number of aliphatic hydroxyl groups is 2. The summed E-state index contributed by atoms with van der Waals surface area (Å²) < 4.78 is 13.3. The fourth-order valence-corrected chi connectivity index (χ4v) is 5.20. The van der Waals surface area contributed by atoms with Crippen LogP contribution in [0.4, 0.5) is 5.82 Å². The number of carbonyl (C=O) groups excluding carboxylic acids is 2. The van der Waals surface area contributed by atoms with Crippen molar-refractivity contribution in [1.82, 2.24) is 14.6 Å². The first kappa shape index (κ1) is 26.5. The van der Waals surface area contributed by atoms with E-state index >= 15 is 0 Å². The number of hydrogen-bond donors (Lipinski definition) is 4. The van der Waals surface area contributed by atoms with Gasteiger partial charge in [0.05, 0.1) is 18.3 Å². The Morgan fingerprint density at radius 3 is 2.69 bits per heavy atom. The zero-order valence-corrected chi connectivity index (χ0v) is 21.1. The van der Waals surface area contributed by atoms with Gasteiger partial charge in [0.15, 0.2) is 11.9 Å². The van der Waals surface area contributed by atoms with E-state index in [1.54, 1.807) is 19.1 Å². The first-order chi connectivity index (χ1) is 17.2. The summed E-state index contributed by atoms with van der Waals surface area (Å²) in [4.78, 5) is 29.4. The Kier molecular flexibility index (Phi) is 7.93.